The number of nitrogens with two attached hydrogens (primary N) is 3. The molecular formula is C48H89N11O7. The van der Waals surface area contributed by atoms with E-state index in [0.29, 0.717) is 57.3 Å². The monoisotopic (exact) mass is 932 g/mol. The first-order valence-corrected chi connectivity index (χ1v) is 24.9. The number of aromatic nitrogens is 2. The summed E-state index contributed by atoms with van der Waals surface area (Å²) in [6, 6.07) is -6.35. The van der Waals surface area contributed by atoms with Crippen molar-refractivity contribution in [1.29, 1.82) is 0 Å². The van der Waals surface area contributed by atoms with Gasteiger partial charge in [-0.3, -0.25) is 33.6 Å². The van der Waals surface area contributed by atoms with Crippen LogP contribution in [-0.2, 0) is 40.0 Å². The molecule has 0 aliphatic carbocycles. The van der Waals surface area contributed by atoms with Gasteiger partial charge in [0.2, 0.25) is 41.4 Å². The van der Waals surface area contributed by atoms with Gasteiger partial charge in [0.05, 0.1) is 6.33 Å². The minimum Gasteiger partial charge on any atom is -0.368 e. The van der Waals surface area contributed by atoms with Gasteiger partial charge in [0.15, 0.2) is 0 Å². The van der Waals surface area contributed by atoms with Crippen LogP contribution >= 0.6 is 0 Å². The Hall–Kier alpha value is -4.58. The van der Waals surface area contributed by atoms with Crippen LogP contribution in [0.25, 0.3) is 0 Å². The van der Waals surface area contributed by atoms with Crippen molar-refractivity contribution in [3.05, 3.63) is 18.2 Å². The smallest absolute Gasteiger partial charge is 0.243 e. The Kier molecular flexibility index (Phi) is 31.2. The third kappa shape index (κ3) is 25.4. The highest BCUT2D eigenvalue weighted by atomic mass is 16.2. The van der Waals surface area contributed by atoms with Gasteiger partial charge in [0.25, 0.3) is 0 Å². The molecule has 18 heteroatoms. The standard InChI is InChI=1S/C48H89N11O7/c1-8-9-10-11-12-13-14-15-16-17-18-25-40(60)54-38(28-32(2)3)46(64)57-39(29-35-30-52-31-53-35)47(65)55-36(23-19-21-26-49)45(63)59-42(34(6)7)48(66)56-37(24-20-22-27-50)44(62)58-41(33(4)5)43(51)61/h30-34,36-39,41-42H,8-29,49-50H2,1-7H3,(H2,51,61)(H,52,53)(H,54,60)(H,55,65)(H,56,66)(H,57,64)(H,58,62)(H,59,63)/t36-,37-,38-,39-,41-,42-/m0/s1. The average Bonchev–Trinajstić information content (AvgIpc) is 3.78. The molecule has 0 aromatic carbocycles. The van der Waals surface area contributed by atoms with Crippen molar-refractivity contribution in [1.82, 2.24) is 41.9 Å². The summed E-state index contributed by atoms with van der Waals surface area (Å²) >= 11 is 0. The molecule has 13 N–H and O–H groups in total. The number of carbonyl (C=O) groups excluding carboxylic acids is 7. The maximum atomic E-state index is 14.2. The summed E-state index contributed by atoms with van der Waals surface area (Å²) in [5, 5.41) is 16.8. The van der Waals surface area contributed by atoms with E-state index < -0.39 is 77.6 Å². The number of carbonyl (C=O) groups is 7. The zero-order chi connectivity index (χ0) is 49.4. The fourth-order valence-electron chi connectivity index (χ4n) is 7.68. The molecule has 1 aromatic heterocycles. The third-order valence-electron chi connectivity index (χ3n) is 11.7. The molecule has 0 unspecified atom stereocenters. The third-order valence-corrected chi connectivity index (χ3v) is 11.7. The zero-order valence-electron chi connectivity index (χ0n) is 41.4. The summed E-state index contributed by atoms with van der Waals surface area (Å²) in [6.07, 6.45) is 18.9. The summed E-state index contributed by atoms with van der Waals surface area (Å²) < 4.78 is 0. The summed E-state index contributed by atoms with van der Waals surface area (Å²) in [6.45, 7) is 13.8. The molecule has 6 atom stereocenters. The van der Waals surface area contributed by atoms with E-state index in [0.717, 1.165) is 25.7 Å². The number of nitrogens with one attached hydrogen (secondary N) is 7. The number of hydrogen-bond donors (Lipinski definition) is 10. The highest BCUT2D eigenvalue weighted by molar-refractivity contribution is 5.97. The second kappa shape index (κ2) is 34.7. The number of hydrogen-bond acceptors (Lipinski definition) is 10. The first-order chi connectivity index (χ1) is 31.4. The van der Waals surface area contributed by atoms with Crippen molar-refractivity contribution in [2.75, 3.05) is 13.1 Å². The summed E-state index contributed by atoms with van der Waals surface area (Å²) in [5.74, 6) is -4.70. The Labute approximate surface area is 395 Å². The molecule has 0 bridgehead atoms. The average molecular weight is 932 g/mol. The Morgan fingerprint density at radius 3 is 1.45 bits per heavy atom. The highest BCUT2D eigenvalue weighted by Crippen LogP contribution is 2.14. The van der Waals surface area contributed by atoms with E-state index in [4.69, 9.17) is 17.2 Å². The van der Waals surface area contributed by atoms with Gasteiger partial charge < -0.3 is 54.1 Å². The number of nitrogens with zero attached hydrogens (tertiary/aromatic N) is 1. The second-order valence-electron chi connectivity index (χ2n) is 18.9. The van der Waals surface area contributed by atoms with E-state index in [1.165, 1.54) is 57.5 Å². The van der Waals surface area contributed by atoms with Crippen molar-refractivity contribution >= 4 is 41.4 Å². The van der Waals surface area contributed by atoms with Gasteiger partial charge >= 0.3 is 0 Å². The second-order valence-corrected chi connectivity index (χ2v) is 18.9. The SMILES string of the molecule is CCCCCCCCCCCCCC(=O)N[C@@H](CC(C)C)C(=O)N[C@@H](Cc1cnc[nH]1)C(=O)N[C@@H](CCCCN)C(=O)N[C@H](C(=O)N[C@@H](CCCCN)C(=O)N[C@H](C(N)=O)C(C)C)C(C)C. The van der Waals surface area contributed by atoms with E-state index in [9.17, 15) is 33.6 Å². The molecule has 18 nitrogen and oxygen atoms in total. The lowest BCUT2D eigenvalue weighted by Crippen LogP contribution is -2.61. The molecule has 1 aromatic rings. The Balaban J connectivity index is 3.18. The summed E-state index contributed by atoms with van der Waals surface area (Å²) in [7, 11) is 0. The van der Waals surface area contributed by atoms with Crippen molar-refractivity contribution in [2.45, 2.75) is 213 Å². The number of aromatic amines is 1. The van der Waals surface area contributed by atoms with Crippen molar-refractivity contribution in [2.24, 2.45) is 35.0 Å². The Morgan fingerprint density at radius 1 is 0.545 bits per heavy atom. The predicted octanol–water partition coefficient (Wildman–Crippen LogP) is 3.66. The minimum absolute atomic E-state index is 0.00779. The van der Waals surface area contributed by atoms with Crippen LogP contribution in [0.2, 0.25) is 0 Å². The molecule has 0 saturated heterocycles. The van der Waals surface area contributed by atoms with Gasteiger partial charge in [-0.15, -0.1) is 0 Å². The minimum atomic E-state index is -1.17. The van der Waals surface area contributed by atoms with Crippen molar-refractivity contribution in [3.63, 3.8) is 0 Å². The lowest BCUT2D eigenvalue weighted by molar-refractivity contribution is -0.136. The van der Waals surface area contributed by atoms with E-state index in [1.54, 1.807) is 27.7 Å². The molecule has 66 heavy (non-hydrogen) atoms. The first-order valence-electron chi connectivity index (χ1n) is 24.9. The van der Waals surface area contributed by atoms with Crippen LogP contribution in [-0.4, -0.2) is 101 Å². The fourth-order valence-corrected chi connectivity index (χ4v) is 7.68. The van der Waals surface area contributed by atoms with Crippen molar-refractivity contribution in [3.8, 4) is 0 Å². The van der Waals surface area contributed by atoms with Crippen LogP contribution in [0.1, 0.15) is 176 Å². The van der Waals surface area contributed by atoms with Gasteiger partial charge in [-0.1, -0.05) is 113 Å². The Bertz CT molecular complexity index is 1560. The van der Waals surface area contributed by atoms with Crippen LogP contribution in [0.5, 0.6) is 0 Å². The quantitative estimate of drug-likeness (QED) is 0.0429. The molecule has 378 valence electrons. The maximum absolute atomic E-state index is 14.2. The van der Waals surface area contributed by atoms with Gasteiger partial charge in [0.1, 0.15) is 36.3 Å². The molecule has 7 amide bonds. The maximum Gasteiger partial charge on any atom is 0.243 e. The molecule has 0 spiro atoms. The van der Waals surface area contributed by atoms with Gasteiger partial charge in [-0.05, 0) is 82.2 Å². The topological polar surface area (TPSA) is 298 Å². The lowest BCUT2D eigenvalue weighted by Gasteiger charge is -2.29. The van der Waals surface area contributed by atoms with Crippen LogP contribution in [0.3, 0.4) is 0 Å². The molecule has 0 radical (unpaired) electrons. The number of amides is 7. The van der Waals surface area contributed by atoms with E-state index >= 15 is 0 Å². The van der Waals surface area contributed by atoms with E-state index in [-0.39, 0.29) is 37.0 Å². The van der Waals surface area contributed by atoms with Crippen molar-refractivity contribution < 1.29 is 33.6 Å². The summed E-state index contributed by atoms with van der Waals surface area (Å²) in [4.78, 5) is 102. The van der Waals surface area contributed by atoms with Crippen LogP contribution in [0, 0.1) is 17.8 Å². The molecule has 0 aliphatic heterocycles. The largest absolute Gasteiger partial charge is 0.368 e. The van der Waals surface area contributed by atoms with Crippen LogP contribution in [0.4, 0.5) is 0 Å². The molecule has 0 aliphatic rings. The molecular weight excluding hydrogens is 843 g/mol. The molecule has 1 rings (SSSR count). The number of imidazole rings is 1. The number of unbranched alkanes of at least 4 members (excludes halogenated alkanes) is 12. The van der Waals surface area contributed by atoms with Gasteiger partial charge in [-0.25, -0.2) is 4.98 Å². The lowest BCUT2D eigenvalue weighted by atomic mass is 9.99. The van der Waals surface area contributed by atoms with Crippen LogP contribution in [0.15, 0.2) is 12.5 Å². The van der Waals surface area contributed by atoms with E-state index in [1.807, 2.05) is 13.8 Å². The normalized spacial score (nSPS) is 14.2. The van der Waals surface area contributed by atoms with Gasteiger partial charge in [0, 0.05) is 24.7 Å². The summed E-state index contributed by atoms with van der Waals surface area (Å²) in [5.41, 5.74) is 17.6. The predicted molar refractivity (Wildman–Crippen MR) is 259 cm³/mol. The zero-order valence-corrected chi connectivity index (χ0v) is 41.4. The molecule has 0 fully saturated rings. The molecule has 1 heterocycles. The first kappa shape index (κ1) is 59.4. The van der Waals surface area contributed by atoms with Gasteiger partial charge in [-0.2, -0.15) is 0 Å². The Morgan fingerprint density at radius 2 is 1.00 bits per heavy atom. The van der Waals surface area contributed by atoms with Crippen LogP contribution < -0.4 is 49.1 Å². The fraction of sp³-hybridized carbons (Fsp3) is 0.792. The number of rotatable bonds is 38. The van der Waals surface area contributed by atoms with E-state index in [2.05, 4.69) is 48.8 Å². The number of primary amides is 1. The molecule has 0 saturated carbocycles. The number of H-pyrrole nitrogens is 1. The highest BCUT2D eigenvalue weighted by Gasteiger charge is 2.35.